The molecule has 0 bridgehead atoms. The molecule has 3 aromatic carbocycles. The Bertz CT molecular complexity index is 1740. The molecule has 4 aromatic rings. The first-order valence-corrected chi connectivity index (χ1v) is 14.8. The van der Waals surface area contributed by atoms with Crippen LogP contribution in [0.5, 0.6) is 0 Å². The molecule has 238 valence electrons. The van der Waals surface area contributed by atoms with E-state index in [0.29, 0.717) is 22.5 Å². The van der Waals surface area contributed by atoms with Crippen molar-refractivity contribution in [1.29, 1.82) is 0 Å². The minimum atomic E-state index is -1.43. The number of aliphatic carboxylic acids is 1. The molecule has 1 aliphatic rings. The molecule has 2 heterocycles. The standard InChI is InChI=1S/C34H29BrN4O6.Ni/c1-21(25-11-5-6-12-27(25)38-32(41)28-13-7-8-18-36-28)37-31(33(42)43)26(22-14-16-24(35)17-15-22)19-30(40)39-29(20-45-34(39)44)23-9-3-2-4-10-23;/h2-18,26,29,31H,19-20H2,1H3,(H2,37,38,41,42,43);/p-1/t26-,29-,31+;/m1./s1. The molecule has 46 heavy (non-hydrogen) atoms. The number of carboxylic acids is 1. The van der Waals surface area contributed by atoms with Gasteiger partial charge in [-0.2, -0.15) is 0 Å². The maximum atomic E-state index is 13.8. The van der Waals surface area contributed by atoms with E-state index in [9.17, 15) is 24.3 Å². The Hall–Kier alpha value is -4.67. The van der Waals surface area contributed by atoms with Crippen molar-refractivity contribution in [3.63, 3.8) is 0 Å². The smallest absolute Gasteiger partial charge is 0.417 e. The summed E-state index contributed by atoms with van der Waals surface area (Å²) in [6, 6.07) is 25.6. The third-order valence-electron chi connectivity index (χ3n) is 7.39. The molecular weight excluding hydrogens is 699 g/mol. The molecular formula is C34H28BrN4NiO6-. The molecule has 0 radical (unpaired) electrons. The number of hydrogen-bond donors (Lipinski definition) is 1. The summed E-state index contributed by atoms with van der Waals surface area (Å²) >= 11 is 3.40. The van der Waals surface area contributed by atoms with Crippen LogP contribution in [0.3, 0.4) is 0 Å². The molecule has 0 aliphatic carbocycles. The summed E-state index contributed by atoms with van der Waals surface area (Å²) in [5.41, 5.74) is 2.46. The molecule has 3 atom stereocenters. The van der Waals surface area contributed by atoms with Crippen molar-refractivity contribution >= 4 is 51.2 Å². The summed E-state index contributed by atoms with van der Waals surface area (Å²) in [4.78, 5) is 61.9. The number of aromatic nitrogens is 1. The molecule has 3 amide bonds. The van der Waals surface area contributed by atoms with E-state index in [1.165, 1.54) is 6.20 Å². The summed E-state index contributed by atoms with van der Waals surface area (Å²) in [5.74, 6) is -3.37. The number of hydrogen-bond acceptors (Lipinski definition) is 7. The quantitative estimate of drug-likeness (QED) is 0.139. The van der Waals surface area contributed by atoms with E-state index in [2.05, 4.69) is 31.2 Å². The summed E-state index contributed by atoms with van der Waals surface area (Å²) in [7, 11) is 0. The predicted molar refractivity (Wildman–Crippen MR) is 171 cm³/mol. The molecule has 5 rings (SSSR count). The van der Waals surface area contributed by atoms with Crippen LogP contribution < -0.4 is 0 Å². The topological polar surface area (TPSA) is 140 Å². The van der Waals surface area contributed by atoms with Gasteiger partial charge in [0.15, 0.2) is 6.04 Å². The number of ether oxygens (including phenoxy) is 1. The number of para-hydroxylation sites is 1. The number of carbonyl (C=O) groups is 4. The molecule has 10 nitrogen and oxygen atoms in total. The second-order valence-corrected chi connectivity index (χ2v) is 11.2. The number of amides is 3. The monoisotopic (exact) mass is 725 g/mol. The fraction of sp³-hybridized carbons (Fsp3) is 0.176. The van der Waals surface area contributed by atoms with Gasteiger partial charge in [0, 0.05) is 45.2 Å². The van der Waals surface area contributed by atoms with Crippen LogP contribution >= 0.6 is 15.9 Å². The van der Waals surface area contributed by atoms with Gasteiger partial charge in [-0.05, 0) is 47.9 Å². The van der Waals surface area contributed by atoms with E-state index in [1.807, 2.05) is 6.07 Å². The Morgan fingerprint density at radius 3 is 2.35 bits per heavy atom. The minimum Gasteiger partial charge on any atom is -0.621 e. The normalized spacial score (nSPS) is 15.7. The van der Waals surface area contributed by atoms with E-state index in [-0.39, 0.29) is 35.2 Å². The molecule has 1 aromatic heterocycles. The number of pyridine rings is 1. The third-order valence-corrected chi connectivity index (χ3v) is 7.91. The average Bonchev–Trinajstić information content (AvgIpc) is 3.45. The van der Waals surface area contributed by atoms with Crippen molar-refractivity contribution in [1.82, 2.24) is 9.88 Å². The molecule has 0 spiro atoms. The van der Waals surface area contributed by atoms with Gasteiger partial charge < -0.3 is 20.0 Å². The van der Waals surface area contributed by atoms with Crippen LogP contribution in [0.25, 0.3) is 5.32 Å². The zero-order valence-electron chi connectivity index (χ0n) is 24.4. The predicted octanol–water partition coefficient (Wildman–Crippen LogP) is 6.84. The number of aliphatic imine (C=N–C) groups is 1. The summed E-state index contributed by atoms with van der Waals surface area (Å²) < 4.78 is 6.00. The molecule has 0 saturated carbocycles. The number of cyclic esters (lactones) is 1. The van der Waals surface area contributed by atoms with Gasteiger partial charge in [-0.1, -0.05) is 88.7 Å². The van der Waals surface area contributed by atoms with Gasteiger partial charge in [0.1, 0.15) is 18.6 Å². The number of carbonyl (C=O) groups excluding carboxylic acids is 3. The fourth-order valence-corrected chi connectivity index (χ4v) is 5.42. The van der Waals surface area contributed by atoms with Crippen molar-refractivity contribution in [3.05, 3.63) is 135 Å². The van der Waals surface area contributed by atoms with Crippen LogP contribution in [0.1, 0.15) is 52.5 Å². The fourth-order valence-electron chi connectivity index (χ4n) is 5.15. The van der Waals surface area contributed by atoms with Crippen molar-refractivity contribution in [3.8, 4) is 0 Å². The van der Waals surface area contributed by atoms with Gasteiger partial charge in [-0.25, -0.2) is 14.5 Å². The van der Waals surface area contributed by atoms with Crippen LogP contribution in [0.2, 0.25) is 0 Å². The molecule has 1 fully saturated rings. The number of rotatable bonds is 10. The van der Waals surface area contributed by atoms with Crippen LogP contribution in [0.15, 0.2) is 113 Å². The van der Waals surface area contributed by atoms with Crippen LogP contribution in [-0.4, -0.2) is 57.2 Å². The van der Waals surface area contributed by atoms with Crippen molar-refractivity contribution in [2.45, 2.75) is 31.3 Å². The first-order chi connectivity index (χ1) is 21.7. The first kappa shape index (κ1) is 34.2. The zero-order valence-corrected chi connectivity index (χ0v) is 27.0. The van der Waals surface area contributed by atoms with Crippen LogP contribution in [0.4, 0.5) is 10.5 Å². The molecule has 1 saturated heterocycles. The van der Waals surface area contributed by atoms with Gasteiger partial charge >= 0.3 is 12.1 Å². The Labute approximate surface area is 284 Å². The molecule has 1 aliphatic heterocycles. The number of benzene rings is 3. The zero-order chi connectivity index (χ0) is 31.9. The maximum absolute atomic E-state index is 13.8. The summed E-state index contributed by atoms with van der Waals surface area (Å²) in [6.45, 7) is 1.62. The average molecular weight is 727 g/mol. The van der Waals surface area contributed by atoms with Crippen molar-refractivity contribution < 1.29 is 45.5 Å². The van der Waals surface area contributed by atoms with Gasteiger partial charge in [0.25, 0.3) is 0 Å². The number of carboxylic acid groups (broad SMARTS) is 1. The van der Waals surface area contributed by atoms with E-state index < -0.39 is 41.9 Å². The van der Waals surface area contributed by atoms with E-state index in [4.69, 9.17) is 4.74 Å². The second-order valence-electron chi connectivity index (χ2n) is 10.3. The van der Waals surface area contributed by atoms with Crippen LogP contribution in [-0.2, 0) is 30.8 Å². The van der Waals surface area contributed by atoms with E-state index >= 15 is 0 Å². The summed E-state index contributed by atoms with van der Waals surface area (Å²) in [5, 5.41) is 14.7. The SMILES string of the molecule is CC(=N[C@H](C(=O)O)[C@H](CC(=O)N1C(=O)OC[C@@H]1c1ccccc1)c1ccc(Br)cc1)c1ccccc1[N-]C(=O)c1ccccn1.[Ni]. The van der Waals surface area contributed by atoms with Gasteiger partial charge in [0.2, 0.25) is 5.91 Å². The first-order valence-electron chi connectivity index (χ1n) is 14.1. The minimum absolute atomic E-state index is 0. The summed E-state index contributed by atoms with van der Waals surface area (Å²) in [6.07, 6.45) is 0.368. The molecule has 1 N–H and O–H groups in total. The largest absolute Gasteiger partial charge is 0.621 e. The second kappa shape index (κ2) is 15.6. The van der Waals surface area contributed by atoms with Gasteiger partial charge in [-0.15, -0.1) is 5.69 Å². The molecule has 12 heteroatoms. The number of nitrogens with zero attached hydrogens (tertiary/aromatic N) is 4. The van der Waals surface area contributed by atoms with E-state index in [1.54, 1.807) is 97.9 Å². The third kappa shape index (κ3) is 7.94. The Morgan fingerprint density at radius 1 is 1.00 bits per heavy atom. The Balaban J connectivity index is 0.00000480. The van der Waals surface area contributed by atoms with Crippen molar-refractivity contribution in [2.24, 2.45) is 4.99 Å². The maximum Gasteiger partial charge on any atom is 0.417 e. The Morgan fingerprint density at radius 2 is 1.67 bits per heavy atom. The van der Waals surface area contributed by atoms with Crippen molar-refractivity contribution in [2.75, 3.05) is 6.61 Å². The van der Waals surface area contributed by atoms with Gasteiger partial charge in [-0.3, -0.25) is 14.8 Å². The number of imide groups is 1. The number of halogens is 1. The Kier molecular flexibility index (Phi) is 11.6. The van der Waals surface area contributed by atoms with Gasteiger partial charge in [0.05, 0.1) is 5.69 Å². The molecule has 0 unspecified atom stereocenters. The van der Waals surface area contributed by atoms with Crippen LogP contribution in [0, 0.1) is 0 Å². The van der Waals surface area contributed by atoms with E-state index in [0.717, 1.165) is 14.9 Å².